The van der Waals surface area contributed by atoms with Crippen LogP contribution in [0.4, 0.5) is 4.79 Å². The maximum Gasteiger partial charge on any atom is 0.338 e. The number of rotatable bonds is 13. The van der Waals surface area contributed by atoms with E-state index in [9.17, 15) is 14.4 Å². The van der Waals surface area contributed by atoms with Gasteiger partial charge in [-0.25, -0.2) is 15.0 Å². The molecule has 0 spiro atoms. The number of carbonyl (C=O) groups excluding carboxylic acids is 3. The lowest BCUT2D eigenvalue weighted by molar-refractivity contribution is -0.139. The van der Waals surface area contributed by atoms with E-state index in [-0.39, 0.29) is 18.8 Å². The number of urea groups is 1. The highest BCUT2D eigenvalue weighted by molar-refractivity contribution is 5.95. The van der Waals surface area contributed by atoms with Crippen molar-refractivity contribution in [3.8, 4) is 22.9 Å². The number of amides is 3. The van der Waals surface area contributed by atoms with Crippen LogP contribution in [0.2, 0.25) is 0 Å². The van der Waals surface area contributed by atoms with Gasteiger partial charge in [0.25, 0.3) is 5.91 Å². The number of nitrogens with zero attached hydrogens (tertiary/aromatic N) is 2. The molecule has 2 heterocycles. The number of hydrazone groups is 1. The van der Waals surface area contributed by atoms with Crippen molar-refractivity contribution in [2.45, 2.75) is 40.3 Å². The van der Waals surface area contributed by atoms with E-state index >= 15 is 0 Å². The maximum absolute atomic E-state index is 12.7. The number of ether oxygens (including phenoxy) is 4. The second-order valence-electron chi connectivity index (χ2n) is 11.2. The SMILES string of the molecule is CCOC(=O)C1=C(C)NC(=O)N[C@H]1c1ccc(OCC(=O)N/N=C/c2cc(C)n(-c3ccc(OCc4ccccc4)cc3)c2C)c(OC)c1. The minimum Gasteiger partial charge on any atom is -0.493 e. The van der Waals surface area contributed by atoms with Crippen molar-refractivity contribution in [2.24, 2.45) is 5.10 Å². The van der Waals surface area contributed by atoms with Crippen LogP contribution in [0, 0.1) is 13.8 Å². The van der Waals surface area contributed by atoms with E-state index in [2.05, 4.69) is 25.7 Å². The summed E-state index contributed by atoms with van der Waals surface area (Å²) in [7, 11) is 1.45. The van der Waals surface area contributed by atoms with Gasteiger partial charge >= 0.3 is 12.0 Å². The Balaban J connectivity index is 1.18. The lowest BCUT2D eigenvalue weighted by atomic mass is 9.95. The molecule has 3 amide bonds. The van der Waals surface area contributed by atoms with Crippen LogP contribution in [0.25, 0.3) is 5.69 Å². The molecule has 12 nitrogen and oxygen atoms in total. The number of hydrogen-bond donors (Lipinski definition) is 3. The van der Waals surface area contributed by atoms with Gasteiger partial charge in [0.2, 0.25) is 0 Å². The van der Waals surface area contributed by atoms with Crippen molar-refractivity contribution >= 4 is 24.1 Å². The highest BCUT2D eigenvalue weighted by atomic mass is 16.5. The van der Waals surface area contributed by atoms with Crippen LogP contribution in [0.3, 0.4) is 0 Å². The molecule has 0 aliphatic carbocycles. The second kappa shape index (κ2) is 15.7. The van der Waals surface area contributed by atoms with E-state index in [1.54, 1.807) is 38.3 Å². The number of esters is 1. The molecule has 0 unspecified atom stereocenters. The summed E-state index contributed by atoms with van der Waals surface area (Å²) in [6, 6.07) is 23.6. The summed E-state index contributed by atoms with van der Waals surface area (Å²) in [6.07, 6.45) is 1.59. The van der Waals surface area contributed by atoms with Gasteiger partial charge in [-0.2, -0.15) is 5.10 Å². The number of aromatic nitrogens is 1. The van der Waals surface area contributed by atoms with Crippen LogP contribution in [0.5, 0.6) is 17.2 Å². The lowest BCUT2D eigenvalue weighted by Gasteiger charge is -2.28. The van der Waals surface area contributed by atoms with E-state index in [0.29, 0.717) is 29.4 Å². The predicted octanol–water partition coefficient (Wildman–Crippen LogP) is 5.40. The summed E-state index contributed by atoms with van der Waals surface area (Å²) in [6.45, 7) is 7.68. The molecule has 1 aliphatic heterocycles. The summed E-state index contributed by atoms with van der Waals surface area (Å²) in [5, 5.41) is 9.49. The van der Waals surface area contributed by atoms with E-state index in [1.807, 2.05) is 74.5 Å². The molecule has 1 aromatic heterocycles. The second-order valence-corrected chi connectivity index (χ2v) is 11.2. The fourth-order valence-corrected chi connectivity index (χ4v) is 5.50. The molecule has 49 heavy (non-hydrogen) atoms. The monoisotopic (exact) mass is 665 g/mol. The zero-order chi connectivity index (χ0) is 34.9. The quantitative estimate of drug-likeness (QED) is 0.0987. The molecule has 1 atom stereocenters. The number of aryl methyl sites for hydroxylation is 1. The van der Waals surface area contributed by atoms with Gasteiger partial charge in [-0.15, -0.1) is 0 Å². The summed E-state index contributed by atoms with van der Waals surface area (Å²) in [4.78, 5) is 37.5. The number of carbonyl (C=O) groups is 3. The highest BCUT2D eigenvalue weighted by Gasteiger charge is 2.32. The first-order valence-corrected chi connectivity index (χ1v) is 15.7. The first kappa shape index (κ1) is 34.3. The molecule has 0 saturated heterocycles. The molecule has 0 saturated carbocycles. The van der Waals surface area contributed by atoms with Gasteiger partial charge in [0.15, 0.2) is 18.1 Å². The van der Waals surface area contributed by atoms with Crippen LogP contribution < -0.4 is 30.3 Å². The lowest BCUT2D eigenvalue weighted by Crippen LogP contribution is -2.45. The first-order chi connectivity index (χ1) is 23.7. The summed E-state index contributed by atoms with van der Waals surface area (Å²) < 4.78 is 24.4. The average Bonchev–Trinajstić information content (AvgIpc) is 3.38. The van der Waals surface area contributed by atoms with Gasteiger partial charge in [0.05, 0.1) is 31.5 Å². The minimum absolute atomic E-state index is 0.186. The molecule has 0 radical (unpaired) electrons. The normalized spacial score (nSPS) is 14.2. The van der Waals surface area contributed by atoms with Crippen LogP contribution in [0.15, 0.2) is 95.2 Å². The topological polar surface area (TPSA) is 142 Å². The first-order valence-electron chi connectivity index (χ1n) is 15.7. The smallest absolute Gasteiger partial charge is 0.338 e. The predicted molar refractivity (Wildman–Crippen MR) is 184 cm³/mol. The van der Waals surface area contributed by atoms with E-state index < -0.39 is 23.9 Å². The van der Waals surface area contributed by atoms with Crippen molar-refractivity contribution in [2.75, 3.05) is 20.3 Å². The highest BCUT2D eigenvalue weighted by Crippen LogP contribution is 2.34. The largest absolute Gasteiger partial charge is 0.493 e. The Bertz CT molecular complexity index is 1880. The van der Waals surface area contributed by atoms with E-state index in [0.717, 1.165) is 34.0 Å². The molecule has 3 N–H and O–H groups in total. The third-order valence-corrected chi connectivity index (χ3v) is 7.85. The van der Waals surface area contributed by atoms with Crippen LogP contribution >= 0.6 is 0 Å². The van der Waals surface area contributed by atoms with E-state index in [1.165, 1.54) is 7.11 Å². The Morgan fingerprint density at radius 1 is 0.959 bits per heavy atom. The van der Waals surface area contributed by atoms with Gasteiger partial charge < -0.3 is 34.1 Å². The van der Waals surface area contributed by atoms with Crippen molar-refractivity contribution in [3.63, 3.8) is 0 Å². The van der Waals surface area contributed by atoms with Crippen LogP contribution in [-0.2, 0) is 20.9 Å². The minimum atomic E-state index is -0.770. The third-order valence-electron chi connectivity index (χ3n) is 7.85. The van der Waals surface area contributed by atoms with Gasteiger partial charge in [-0.3, -0.25) is 4.79 Å². The van der Waals surface area contributed by atoms with Gasteiger partial charge in [-0.1, -0.05) is 36.4 Å². The van der Waals surface area contributed by atoms with Crippen molar-refractivity contribution in [1.82, 2.24) is 20.6 Å². The molecule has 12 heteroatoms. The van der Waals surface area contributed by atoms with Gasteiger partial charge in [-0.05, 0) is 81.3 Å². The molecule has 0 bridgehead atoms. The van der Waals surface area contributed by atoms with Crippen LogP contribution in [0.1, 0.15) is 48.0 Å². The molecule has 1 aliphatic rings. The summed E-state index contributed by atoms with van der Waals surface area (Å²) in [5.74, 6) is 0.363. The Labute approximate surface area is 284 Å². The van der Waals surface area contributed by atoms with E-state index in [4.69, 9.17) is 18.9 Å². The van der Waals surface area contributed by atoms with Crippen molar-refractivity contribution < 1.29 is 33.3 Å². The number of hydrogen-bond acceptors (Lipinski definition) is 8. The Morgan fingerprint density at radius 2 is 1.71 bits per heavy atom. The third kappa shape index (κ3) is 8.28. The fraction of sp³-hybridized carbons (Fsp3) is 0.243. The number of nitrogens with one attached hydrogen (secondary N) is 3. The Hall–Kier alpha value is -6.04. The molecular formula is C37H39N5O7. The summed E-state index contributed by atoms with van der Waals surface area (Å²) in [5.41, 5.74) is 8.62. The van der Waals surface area contributed by atoms with Crippen molar-refractivity contribution in [1.29, 1.82) is 0 Å². The Morgan fingerprint density at radius 3 is 2.43 bits per heavy atom. The molecule has 0 fully saturated rings. The number of benzene rings is 3. The standard InChI is InChI=1S/C37H39N5O7/c1-6-47-36(44)34-24(3)39-37(45)40-35(34)27-12-17-31(32(19-27)46-5)49-22-33(43)41-38-20-28-18-23(2)42(25(28)4)29-13-15-30(16-14-29)48-21-26-10-8-7-9-11-26/h7-20,35H,6,21-22H2,1-5H3,(H,41,43)(H2,39,40,45)/b38-20+/t35-/m0/s1. The molecule has 3 aromatic carbocycles. The fourth-order valence-electron chi connectivity index (χ4n) is 5.50. The maximum atomic E-state index is 12.7. The molecular weight excluding hydrogens is 626 g/mol. The molecule has 4 aromatic rings. The zero-order valence-corrected chi connectivity index (χ0v) is 28.0. The zero-order valence-electron chi connectivity index (χ0n) is 28.0. The van der Waals surface area contributed by atoms with Crippen molar-refractivity contribution in [3.05, 3.63) is 118 Å². The van der Waals surface area contributed by atoms with Gasteiger partial charge in [0.1, 0.15) is 12.4 Å². The molecule has 5 rings (SSSR count). The average molecular weight is 666 g/mol. The number of allylic oxidation sites excluding steroid dienone is 1. The summed E-state index contributed by atoms with van der Waals surface area (Å²) >= 11 is 0. The molecule has 254 valence electrons. The number of methoxy groups -OCH3 is 1. The van der Waals surface area contributed by atoms with Crippen LogP contribution in [-0.4, -0.2) is 49.0 Å². The Kier molecular flexibility index (Phi) is 11.0. The van der Waals surface area contributed by atoms with Gasteiger partial charge in [0, 0.05) is 28.3 Å².